The fourth-order valence-electron chi connectivity index (χ4n) is 0.809. The fraction of sp³-hybridized carbons (Fsp3) is 0.800. The SMILES string of the molecule is CN[C@H]1CNC(=O)C1.Cl. The third kappa shape index (κ3) is 2.20. The molecule has 1 aliphatic heterocycles. The van der Waals surface area contributed by atoms with Crippen LogP contribution in [0.15, 0.2) is 0 Å². The highest BCUT2D eigenvalue weighted by Gasteiger charge is 2.18. The second-order valence-corrected chi connectivity index (χ2v) is 1.99. The first kappa shape index (κ1) is 8.72. The van der Waals surface area contributed by atoms with E-state index in [4.69, 9.17) is 0 Å². The Morgan fingerprint density at radius 2 is 2.44 bits per heavy atom. The van der Waals surface area contributed by atoms with Crippen LogP contribution in [0, 0.1) is 0 Å². The first-order valence-corrected chi connectivity index (χ1v) is 2.77. The predicted molar refractivity (Wildman–Crippen MR) is 37.7 cm³/mol. The largest absolute Gasteiger partial charge is 0.354 e. The summed E-state index contributed by atoms with van der Waals surface area (Å²) in [5, 5.41) is 5.73. The monoisotopic (exact) mass is 150 g/mol. The van der Waals surface area contributed by atoms with Crippen molar-refractivity contribution in [2.75, 3.05) is 13.6 Å². The molecule has 1 amide bonds. The number of likely N-dealkylation sites (N-methyl/N-ethyl adjacent to an activating group) is 1. The Morgan fingerprint density at radius 3 is 2.67 bits per heavy atom. The van der Waals surface area contributed by atoms with Crippen LogP contribution in [0.4, 0.5) is 0 Å². The van der Waals surface area contributed by atoms with Crippen LogP contribution >= 0.6 is 12.4 Å². The van der Waals surface area contributed by atoms with Crippen LogP contribution < -0.4 is 10.6 Å². The summed E-state index contributed by atoms with van der Waals surface area (Å²) in [6.45, 7) is 0.787. The first-order valence-electron chi connectivity index (χ1n) is 2.77. The lowest BCUT2D eigenvalue weighted by molar-refractivity contribution is -0.119. The topological polar surface area (TPSA) is 41.1 Å². The Morgan fingerprint density at radius 1 is 1.78 bits per heavy atom. The second kappa shape index (κ2) is 3.69. The molecule has 1 fully saturated rings. The molecule has 0 radical (unpaired) electrons. The van der Waals surface area contributed by atoms with Crippen LogP contribution in [0.3, 0.4) is 0 Å². The Labute approximate surface area is 60.6 Å². The van der Waals surface area contributed by atoms with E-state index < -0.39 is 0 Å². The fourth-order valence-corrected chi connectivity index (χ4v) is 0.809. The molecule has 0 aromatic heterocycles. The van der Waals surface area contributed by atoms with E-state index in [2.05, 4.69) is 10.6 Å². The molecule has 0 unspecified atom stereocenters. The first-order chi connectivity index (χ1) is 3.83. The lowest BCUT2D eigenvalue weighted by Crippen LogP contribution is -2.26. The molecule has 0 aliphatic carbocycles. The number of carbonyl (C=O) groups is 1. The van der Waals surface area contributed by atoms with E-state index in [1.54, 1.807) is 0 Å². The van der Waals surface area contributed by atoms with Gasteiger partial charge in [0.1, 0.15) is 0 Å². The zero-order chi connectivity index (χ0) is 5.98. The van der Waals surface area contributed by atoms with Crippen molar-refractivity contribution in [1.29, 1.82) is 0 Å². The zero-order valence-electron chi connectivity index (χ0n) is 5.31. The number of hydrogen-bond donors (Lipinski definition) is 2. The predicted octanol–water partition coefficient (Wildman–Crippen LogP) is -0.484. The van der Waals surface area contributed by atoms with Gasteiger partial charge in [-0.05, 0) is 7.05 Å². The van der Waals surface area contributed by atoms with Gasteiger partial charge in [0, 0.05) is 19.0 Å². The molecule has 1 atom stereocenters. The average molecular weight is 151 g/mol. The van der Waals surface area contributed by atoms with Gasteiger partial charge in [-0.1, -0.05) is 0 Å². The van der Waals surface area contributed by atoms with E-state index in [-0.39, 0.29) is 18.3 Å². The molecule has 3 nitrogen and oxygen atoms in total. The van der Waals surface area contributed by atoms with Crippen LogP contribution in [0.1, 0.15) is 6.42 Å². The summed E-state index contributed by atoms with van der Waals surface area (Å²) in [7, 11) is 1.87. The molecule has 0 aromatic rings. The zero-order valence-corrected chi connectivity index (χ0v) is 6.12. The third-order valence-corrected chi connectivity index (χ3v) is 1.39. The molecule has 0 spiro atoms. The maximum atomic E-state index is 10.5. The highest BCUT2D eigenvalue weighted by atomic mass is 35.5. The number of halogens is 1. The van der Waals surface area contributed by atoms with Gasteiger partial charge < -0.3 is 10.6 Å². The van der Waals surface area contributed by atoms with Crippen LogP contribution in [-0.2, 0) is 4.79 Å². The third-order valence-electron chi connectivity index (χ3n) is 1.39. The Kier molecular flexibility index (Phi) is 3.58. The minimum atomic E-state index is 0. The normalized spacial score (nSPS) is 25.0. The maximum absolute atomic E-state index is 10.5. The molecule has 4 heteroatoms. The molecule has 1 rings (SSSR count). The van der Waals surface area contributed by atoms with Gasteiger partial charge in [-0.3, -0.25) is 4.79 Å². The van der Waals surface area contributed by atoms with Gasteiger partial charge in [0.05, 0.1) is 0 Å². The van der Waals surface area contributed by atoms with Crippen molar-refractivity contribution in [2.45, 2.75) is 12.5 Å². The second-order valence-electron chi connectivity index (χ2n) is 1.99. The highest BCUT2D eigenvalue weighted by Crippen LogP contribution is 1.96. The molecule has 1 aliphatic rings. The van der Waals surface area contributed by atoms with E-state index in [9.17, 15) is 4.79 Å². The molecule has 0 bridgehead atoms. The summed E-state index contributed by atoms with van der Waals surface area (Å²) >= 11 is 0. The molecule has 1 saturated heterocycles. The molecular formula is C5H11ClN2O. The van der Waals surface area contributed by atoms with Crippen molar-refractivity contribution in [3.05, 3.63) is 0 Å². The van der Waals surface area contributed by atoms with Gasteiger partial charge in [-0.15, -0.1) is 12.4 Å². The van der Waals surface area contributed by atoms with Crippen molar-refractivity contribution in [3.63, 3.8) is 0 Å². The molecule has 0 aromatic carbocycles. The minimum absolute atomic E-state index is 0. The lowest BCUT2D eigenvalue weighted by atomic mass is 10.3. The number of hydrogen-bond acceptors (Lipinski definition) is 2. The molecule has 1 heterocycles. The summed E-state index contributed by atoms with van der Waals surface area (Å²) in [5.41, 5.74) is 0. The number of nitrogens with one attached hydrogen (secondary N) is 2. The quantitative estimate of drug-likeness (QED) is 0.530. The van der Waals surface area contributed by atoms with Crippen molar-refractivity contribution in [3.8, 4) is 0 Å². The van der Waals surface area contributed by atoms with Crippen molar-refractivity contribution in [2.24, 2.45) is 0 Å². The summed E-state index contributed by atoms with van der Waals surface area (Å²) in [5.74, 6) is 0.157. The van der Waals surface area contributed by atoms with Gasteiger partial charge >= 0.3 is 0 Å². The van der Waals surface area contributed by atoms with Crippen LogP contribution in [0.25, 0.3) is 0 Å². The van der Waals surface area contributed by atoms with E-state index >= 15 is 0 Å². The standard InChI is InChI=1S/C5H10N2O.ClH/c1-6-4-2-5(8)7-3-4;/h4,6H,2-3H2,1H3,(H,7,8);1H/t4-;/m1./s1. The van der Waals surface area contributed by atoms with Crippen molar-refractivity contribution in [1.82, 2.24) is 10.6 Å². The molecule has 2 N–H and O–H groups in total. The lowest BCUT2D eigenvalue weighted by Gasteiger charge is -2.00. The summed E-state index contributed by atoms with van der Waals surface area (Å²) in [4.78, 5) is 10.5. The van der Waals surface area contributed by atoms with E-state index in [1.165, 1.54) is 0 Å². The Hall–Kier alpha value is -0.280. The van der Waals surface area contributed by atoms with Gasteiger partial charge in [0.2, 0.25) is 5.91 Å². The Bertz CT molecular complexity index is 107. The highest BCUT2D eigenvalue weighted by molar-refractivity contribution is 5.85. The number of rotatable bonds is 1. The minimum Gasteiger partial charge on any atom is -0.354 e. The molecule has 54 valence electrons. The van der Waals surface area contributed by atoms with E-state index in [0.29, 0.717) is 12.5 Å². The number of amides is 1. The van der Waals surface area contributed by atoms with Gasteiger partial charge in [-0.25, -0.2) is 0 Å². The van der Waals surface area contributed by atoms with Gasteiger partial charge in [0.15, 0.2) is 0 Å². The van der Waals surface area contributed by atoms with Gasteiger partial charge in [-0.2, -0.15) is 0 Å². The van der Waals surface area contributed by atoms with Crippen LogP contribution in [-0.4, -0.2) is 25.5 Å². The van der Waals surface area contributed by atoms with E-state index in [1.807, 2.05) is 7.05 Å². The van der Waals surface area contributed by atoms with Crippen molar-refractivity contribution >= 4 is 18.3 Å². The smallest absolute Gasteiger partial charge is 0.221 e. The van der Waals surface area contributed by atoms with Crippen LogP contribution in [0.2, 0.25) is 0 Å². The summed E-state index contributed by atoms with van der Waals surface area (Å²) in [6.07, 6.45) is 0.635. The summed E-state index contributed by atoms with van der Waals surface area (Å²) < 4.78 is 0. The van der Waals surface area contributed by atoms with Gasteiger partial charge in [0.25, 0.3) is 0 Å². The summed E-state index contributed by atoms with van der Waals surface area (Å²) in [6, 6.07) is 0.363. The Balaban J connectivity index is 0.000000640. The van der Waals surface area contributed by atoms with Crippen LogP contribution in [0.5, 0.6) is 0 Å². The van der Waals surface area contributed by atoms with Crippen molar-refractivity contribution < 1.29 is 4.79 Å². The molecular weight excluding hydrogens is 140 g/mol. The molecule has 9 heavy (non-hydrogen) atoms. The molecule has 0 saturated carbocycles. The number of carbonyl (C=O) groups excluding carboxylic acids is 1. The maximum Gasteiger partial charge on any atom is 0.221 e. The van der Waals surface area contributed by atoms with E-state index in [0.717, 1.165) is 6.54 Å². The average Bonchev–Trinajstić information content (AvgIpc) is 2.14.